The van der Waals surface area contributed by atoms with Crippen molar-refractivity contribution in [3.05, 3.63) is 48.0 Å². The standard InChI is InChI=1S/C12H10N4O2S/c13-8-9-4-1-2-5-10(9)19(17,18)16-12-7-3-6-11(14)15-12/h1-7H,(H3,14,15,16). The van der Waals surface area contributed by atoms with Crippen molar-refractivity contribution in [2.45, 2.75) is 4.90 Å². The second-order valence-electron chi connectivity index (χ2n) is 3.66. The van der Waals surface area contributed by atoms with Gasteiger partial charge in [-0.15, -0.1) is 0 Å². The Hall–Kier alpha value is -2.59. The van der Waals surface area contributed by atoms with Crippen molar-refractivity contribution >= 4 is 21.7 Å². The van der Waals surface area contributed by atoms with Crippen molar-refractivity contribution < 1.29 is 8.42 Å². The maximum absolute atomic E-state index is 12.1. The zero-order valence-electron chi connectivity index (χ0n) is 9.74. The fraction of sp³-hybridized carbons (Fsp3) is 0. The SMILES string of the molecule is N#Cc1ccccc1S(=O)(=O)Nc1cccc(N)n1. The van der Waals surface area contributed by atoms with Gasteiger partial charge in [-0.3, -0.25) is 4.72 Å². The quantitative estimate of drug-likeness (QED) is 0.877. The zero-order valence-corrected chi connectivity index (χ0v) is 10.6. The van der Waals surface area contributed by atoms with Gasteiger partial charge in [0.1, 0.15) is 22.6 Å². The van der Waals surface area contributed by atoms with E-state index in [1.165, 1.54) is 18.2 Å². The molecule has 0 radical (unpaired) electrons. The number of nitrogens with one attached hydrogen (secondary N) is 1. The first-order valence-electron chi connectivity index (χ1n) is 5.27. The van der Waals surface area contributed by atoms with Crippen molar-refractivity contribution in [3.8, 4) is 6.07 Å². The molecule has 0 saturated carbocycles. The van der Waals surface area contributed by atoms with E-state index in [0.29, 0.717) is 0 Å². The number of hydrogen-bond donors (Lipinski definition) is 2. The number of rotatable bonds is 3. The lowest BCUT2D eigenvalue weighted by molar-refractivity contribution is 0.601. The van der Waals surface area contributed by atoms with E-state index in [0.717, 1.165) is 0 Å². The summed E-state index contributed by atoms with van der Waals surface area (Å²) in [4.78, 5) is 3.75. The number of nitrogens with zero attached hydrogens (tertiary/aromatic N) is 2. The highest BCUT2D eigenvalue weighted by Gasteiger charge is 2.18. The van der Waals surface area contributed by atoms with Gasteiger partial charge < -0.3 is 5.73 Å². The lowest BCUT2D eigenvalue weighted by Gasteiger charge is -2.08. The van der Waals surface area contributed by atoms with E-state index in [1.54, 1.807) is 24.3 Å². The van der Waals surface area contributed by atoms with Gasteiger partial charge in [0.2, 0.25) is 0 Å². The number of sulfonamides is 1. The third kappa shape index (κ3) is 2.81. The summed E-state index contributed by atoms with van der Waals surface area (Å²) in [7, 11) is -3.86. The topological polar surface area (TPSA) is 109 Å². The zero-order chi connectivity index (χ0) is 13.9. The normalized spacial score (nSPS) is 10.7. The highest BCUT2D eigenvalue weighted by Crippen LogP contribution is 2.18. The molecule has 0 aliphatic rings. The molecule has 1 aromatic heterocycles. The molecule has 3 N–H and O–H groups in total. The molecule has 0 atom stereocenters. The van der Waals surface area contributed by atoms with Gasteiger partial charge in [0, 0.05) is 0 Å². The van der Waals surface area contributed by atoms with Gasteiger partial charge in [-0.2, -0.15) is 5.26 Å². The Balaban J connectivity index is 2.41. The second-order valence-corrected chi connectivity index (χ2v) is 5.31. The minimum Gasteiger partial charge on any atom is -0.384 e. The Bertz CT molecular complexity index is 750. The van der Waals surface area contributed by atoms with Crippen LogP contribution in [0.25, 0.3) is 0 Å². The van der Waals surface area contributed by atoms with Crippen LogP contribution < -0.4 is 10.5 Å². The van der Waals surface area contributed by atoms with Crippen LogP contribution in [0, 0.1) is 11.3 Å². The van der Waals surface area contributed by atoms with Crippen LogP contribution in [0.4, 0.5) is 11.6 Å². The number of aromatic nitrogens is 1. The number of hydrogen-bond acceptors (Lipinski definition) is 5. The number of nitrogens with two attached hydrogens (primary N) is 1. The van der Waals surface area contributed by atoms with E-state index < -0.39 is 10.0 Å². The van der Waals surface area contributed by atoms with E-state index in [9.17, 15) is 8.42 Å². The van der Waals surface area contributed by atoms with Gasteiger partial charge in [0.05, 0.1) is 5.56 Å². The van der Waals surface area contributed by atoms with Crippen LogP contribution >= 0.6 is 0 Å². The summed E-state index contributed by atoms with van der Waals surface area (Å²) in [6, 6.07) is 12.4. The monoisotopic (exact) mass is 274 g/mol. The van der Waals surface area contributed by atoms with Crippen molar-refractivity contribution in [1.29, 1.82) is 5.26 Å². The van der Waals surface area contributed by atoms with E-state index in [-0.39, 0.29) is 22.1 Å². The first kappa shape index (κ1) is 12.9. The van der Waals surface area contributed by atoms with Gasteiger partial charge in [-0.1, -0.05) is 18.2 Å². The minimum absolute atomic E-state index is 0.0684. The maximum atomic E-state index is 12.1. The Kier molecular flexibility index (Phi) is 3.35. The molecule has 0 bridgehead atoms. The summed E-state index contributed by atoms with van der Waals surface area (Å²) >= 11 is 0. The third-order valence-corrected chi connectivity index (χ3v) is 3.72. The fourth-order valence-corrected chi connectivity index (χ4v) is 2.65. The van der Waals surface area contributed by atoms with Crippen LogP contribution in [-0.4, -0.2) is 13.4 Å². The van der Waals surface area contributed by atoms with Gasteiger partial charge in [-0.05, 0) is 24.3 Å². The number of nitrogen functional groups attached to an aromatic ring is 1. The van der Waals surface area contributed by atoms with E-state index in [4.69, 9.17) is 11.0 Å². The van der Waals surface area contributed by atoms with Crippen LogP contribution in [0.3, 0.4) is 0 Å². The summed E-state index contributed by atoms with van der Waals surface area (Å²) in [5, 5.41) is 8.91. The van der Waals surface area contributed by atoms with Crippen LogP contribution in [0.15, 0.2) is 47.4 Å². The minimum atomic E-state index is -3.86. The third-order valence-electron chi connectivity index (χ3n) is 2.31. The molecule has 0 unspecified atom stereocenters. The Labute approximate surface area is 110 Å². The molecular weight excluding hydrogens is 264 g/mol. The Morgan fingerprint density at radius 2 is 1.89 bits per heavy atom. The molecule has 96 valence electrons. The number of anilines is 2. The second kappa shape index (κ2) is 4.96. The molecule has 2 rings (SSSR count). The molecule has 0 aliphatic heterocycles. The van der Waals surface area contributed by atoms with E-state index in [2.05, 4.69) is 9.71 Å². The van der Waals surface area contributed by atoms with Gasteiger partial charge in [0.15, 0.2) is 0 Å². The molecule has 0 spiro atoms. The van der Waals surface area contributed by atoms with E-state index in [1.807, 2.05) is 6.07 Å². The summed E-state index contributed by atoms with van der Waals surface area (Å²) < 4.78 is 26.6. The number of pyridine rings is 1. The van der Waals surface area contributed by atoms with Crippen LogP contribution in [0.1, 0.15) is 5.56 Å². The highest BCUT2D eigenvalue weighted by atomic mass is 32.2. The lowest BCUT2D eigenvalue weighted by Crippen LogP contribution is -2.15. The fourth-order valence-electron chi connectivity index (χ4n) is 1.49. The smallest absolute Gasteiger partial charge is 0.264 e. The predicted molar refractivity (Wildman–Crippen MR) is 70.6 cm³/mol. The van der Waals surface area contributed by atoms with Crippen molar-refractivity contribution in [2.75, 3.05) is 10.5 Å². The largest absolute Gasteiger partial charge is 0.384 e. The molecule has 1 heterocycles. The van der Waals surface area contributed by atoms with Crippen molar-refractivity contribution in [2.24, 2.45) is 0 Å². The molecule has 0 saturated heterocycles. The Morgan fingerprint density at radius 3 is 2.58 bits per heavy atom. The molecule has 0 amide bonds. The van der Waals surface area contributed by atoms with Gasteiger partial charge in [-0.25, -0.2) is 13.4 Å². The van der Waals surface area contributed by atoms with Crippen LogP contribution in [0.2, 0.25) is 0 Å². The molecular formula is C12H10N4O2S. The summed E-state index contributed by atoms with van der Waals surface area (Å²) in [5.41, 5.74) is 5.54. The average molecular weight is 274 g/mol. The number of nitriles is 1. The molecule has 7 heteroatoms. The molecule has 19 heavy (non-hydrogen) atoms. The van der Waals surface area contributed by atoms with Crippen molar-refractivity contribution in [3.63, 3.8) is 0 Å². The summed E-state index contributed by atoms with van der Waals surface area (Å²) in [5.74, 6) is 0.307. The van der Waals surface area contributed by atoms with E-state index >= 15 is 0 Å². The highest BCUT2D eigenvalue weighted by molar-refractivity contribution is 7.92. The summed E-state index contributed by atoms with van der Waals surface area (Å²) in [6.45, 7) is 0. The lowest BCUT2D eigenvalue weighted by atomic mass is 10.2. The first-order chi connectivity index (χ1) is 9.03. The molecule has 2 aromatic rings. The van der Waals surface area contributed by atoms with Crippen LogP contribution in [-0.2, 0) is 10.0 Å². The average Bonchev–Trinajstić information content (AvgIpc) is 2.38. The van der Waals surface area contributed by atoms with Crippen LogP contribution in [0.5, 0.6) is 0 Å². The molecule has 0 aliphatic carbocycles. The molecule has 1 aromatic carbocycles. The number of benzene rings is 1. The molecule has 6 nitrogen and oxygen atoms in total. The summed E-state index contributed by atoms with van der Waals surface area (Å²) in [6.07, 6.45) is 0. The molecule has 0 fully saturated rings. The Morgan fingerprint density at radius 1 is 1.16 bits per heavy atom. The van der Waals surface area contributed by atoms with Gasteiger partial charge in [0.25, 0.3) is 10.0 Å². The van der Waals surface area contributed by atoms with Gasteiger partial charge >= 0.3 is 0 Å². The maximum Gasteiger partial charge on any atom is 0.264 e. The van der Waals surface area contributed by atoms with Crippen molar-refractivity contribution in [1.82, 2.24) is 4.98 Å². The predicted octanol–water partition coefficient (Wildman–Crippen LogP) is 1.34. The first-order valence-corrected chi connectivity index (χ1v) is 6.76.